The minimum Gasteiger partial charge on any atom is -0.459 e. The van der Waals surface area contributed by atoms with E-state index >= 15 is 0 Å². The van der Waals surface area contributed by atoms with Crippen molar-refractivity contribution < 1.29 is 4.42 Å². The molecule has 0 radical (unpaired) electrons. The van der Waals surface area contributed by atoms with Crippen molar-refractivity contribution in [3.8, 4) is 0 Å². The molecule has 172 valence electrons. The highest BCUT2D eigenvalue weighted by molar-refractivity contribution is 6.38. The molecule has 1 aromatic carbocycles. The van der Waals surface area contributed by atoms with Crippen LogP contribution < -0.4 is 4.90 Å². The van der Waals surface area contributed by atoms with Crippen LogP contribution in [0, 0.1) is 0 Å². The van der Waals surface area contributed by atoms with Crippen molar-refractivity contribution in [2.24, 2.45) is 0 Å². The number of hydrogen-bond acceptors (Lipinski definition) is 7. The number of hydrogen-bond donors (Lipinski definition) is 0. The molecular weight excluding hydrogens is 461 g/mol. The van der Waals surface area contributed by atoms with Crippen molar-refractivity contribution in [3.05, 3.63) is 64.4 Å². The lowest BCUT2D eigenvalue weighted by Gasteiger charge is -2.40. The average Bonchev–Trinajstić information content (AvgIpc) is 3.42. The molecule has 0 bridgehead atoms. The normalized spacial score (nSPS) is 16.5. The summed E-state index contributed by atoms with van der Waals surface area (Å²) >= 11 is 12.8. The van der Waals surface area contributed by atoms with E-state index in [1.54, 1.807) is 12.4 Å². The molecule has 1 aliphatic heterocycles. The second kappa shape index (κ2) is 8.59. The molecule has 1 aliphatic rings. The highest BCUT2D eigenvalue weighted by atomic mass is 35.5. The number of rotatable bonds is 4. The molecule has 1 fully saturated rings. The van der Waals surface area contributed by atoms with Gasteiger partial charge in [0, 0.05) is 44.0 Å². The minimum atomic E-state index is -0.275. The molecular formula is C23H25Cl2N7O. The molecule has 1 atom stereocenters. The first kappa shape index (κ1) is 22.1. The molecule has 10 heteroatoms. The number of tetrazole rings is 1. The van der Waals surface area contributed by atoms with E-state index in [1.807, 2.05) is 22.9 Å². The first-order chi connectivity index (χ1) is 15.8. The number of halogens is 2. The fourth-order valence-corrected chi connectivity index (χ4v) is 4.96. The lowest BCUT2D eigenvalue weighted by Crippen LogP contribution is -2.49. The van der Waals surface area contributed by atoms with Gasteiger partial charge in [-0.15, -0.1) is 5.10 Å². The van der Waals surface area contributed by atoms with E-state index in [4.69, 9.17) is 27.6 Å². The van der Waals surface area contributed by atoms with Crippen LogP contribution >= 0.6 is 23.2 Å². The average molecular weight is 486 g/mol. The summed E-state index contributed by atoms with van der Waals surface area (Å²) in [4.78, 5) is 8.62. The van der Waals surface area contributed by atoms with Gasteiger partial charge in [0.05, 0.1) is 21.3 Å². The summed E-state index contributed by atoms with van der Waals surface area (Å²) in [6.45, 7) is 9.28. The van der Waals surface area contributed by atoms with Gasteiger partial charge in [-0.2, -0.15) is 0 Å². The molecule has 0 aliphatic carbocycles. The van der Waals surface area contributed by atoms with E-state index in [9.17, 15) is 0 Å². The molecule has 0 saturated carbocycles. The third-order valence-corrected chi connectivity index (χ3v) is 6.46. The Hall–Kier alpha value is -2.68. The van der Waals surface area contributed by atoms with E-state index < -0.39 is 0 Å². The fraction of sp³-hybridized carbons (Fsp3) is 0.391. The molecule has 33 heavy (non-hydrogen) atoms. The van der Waals surface area contributed by atoms with Crippen molar-refractivity contribution in [2.45, 2.75) is 32.4 Å². The van der Waals surface area contributed by atoms with E-state index in [0.29, 0.717) is 10.0 Å². The quantitative estimate of drug-likeness (QED) is 0.411. The molecule has 1 unspecified atom stereocenters. The second-order valence-electron chi connectivity index (χ2n) is 9.18. The largest absolute Gasteiger partial charge is 0.459 e. The van der Waals surface area contributed by atoms with Gasteiger partial charge in [-0.1, -0.05) is 41.4 Å². The van der Waals surface area contributed by atoms with Crippen LogP contribution in [0.15, 0.2) is 47.1 Å². The lowest BCUT2D eigenvalue weighted by atomic mass is 10.1. The number of anilines is 1. The Labute approximate surface area is 202 Å². The zero-order valence-corrected chi connectivity index (χ0v) is 20.3. The fourth-order valence-electron chi connectivity index (χ4n) is 4.36. The third kappa shape index (κ3) is 4.18. The Morgan fingerprint density at radius 1 is 1.00 bits per heavy atom. The van der Waals surface area contributed by atoms with Crippen molar-refractivity contribution in [1.29, 1.82) is 0 Å². The molecule has 0 N–H and O–H groups in total. The predicted octanol–water partition coefficient (Wildman–Crippen LogP) is 4.79. The Morgan fingerprint density at radius 2 is 1.70 bits per heavy atom. The number of benzene rings is 1. The van der Waals surface area contributed by atoms with Crippen molar-refractivity contribution >= 4 is 39.9 Å². The Morgan fingerprint density at radius 3 is 2.36 bits per heavy atom. The number of para-hydroxylation sites is 1. The summed E-state index contributed by atoms with van der Waals surface area (Å²) in [6, 6.07) is 9.88. The number of nitrogens with zero attached hydrogens (tertiary/aromatic N) is 7. The number of fused-ring (bicyclic) bond motifs is 1. The summed E-state index contributed by atoms with van der Waals surface area (Å²) in [5.74, 6) is 1.58. The van der Waals surface area contributed by atoms with Gasteiger partial charge in [-0.05, 0) is 43.3 Å². The van der Waals surface area contributed by atoms with Gasteiger partial charge in [-0.25, -0.2) is 4.68 Å². The number of piperazine rings is 1. The monoisotopic (exact) mass is 485 g/mol. The highest BCUT2D eigenvalue weighted by Gasteiger charge is 2.35. The number of aromatic nitrogens is 5. The Balaban J connectivity index is 1.50. The van der Waals surface area contributed by atoms with E-state index in [0.717, 1.165) is 54.4 Å². The molecule has 4 heterocycles. The topological polar surface area (TPSA) is 76.1 Å². The van der Waals surface area contributed by atoms with E-state index in [-0.39, 0.29) is 11.6 Å². The summed E-state index contributed by atoms with van der Waals surface area (Å²) < 4.78 is 8.19. The van der Waals surface area contributed by atoms with Crippen LogP contribution in [-0.4, -0.2) is 56.3 Å². The summed E-state index contributed by atoms with van der Waals surface area (Å²) in [6.07, 6.45) is 3.26. The Bertz CT molecular complexity index is 1220. The molecule has 5 rings (SSSR count). The van der Waals surface area contributed by atoms with Crippen molar-refractivity contribution in [2.75, 3.05) is 31.1 Å². The van der Waals surface area contributed by atoms with Crippen LogP contribution in [0.4, 0.5) is 5.69 Å². The van der Waals surface area contributed by atoms with Gasteiger partial charge in [-0.3, -0.25) is 9.88 Å². The van der Waals surface area contributed by atoms with Crippen LogP contribution in [0.1, 0.15) is 38.4 Å². The molecule has 0 amide bonds. The van der Waals surface area contributed by atoms with Crippen molar-refractivity contribution in [3.63, 3.8) is 0 Å². The highest BCUT2D eigenvalue weighted by Crippen LogP contribution is 2.37. The number of furan rings is 1. The standard InChI is InChI=1S/C23H25Cl2N7O/c1-23(2,3)32-22(27-28-29-32)21(19-12-15-6-4-5-7-18(15)33-19)31-10-8-30(9-11-31)20-16(24)13-26-14-17(20)25/h4-7,12-14,21H,8-11H2,1-3H3. The van der Waals surface area contributed by atoms with Gasteiger partial charge in [0.1, 0.15) is 17.4 Å². The summed E-state index contributed by atoms with van der Waals surface area (Å²) in [5.41, 5.74) is 1.40. The van der Waals surface area contributed by atoms with Gasteiger partial charge >= 0.3 is 0 Å². The molecule has 0 spiro atoms. The van der Waals surface area contributed by atoms with Crippen LogP contribution in [0.2, 0.25) is 10.0 Å². The molecule has 4 aromatic rings. The predicted molar refractivity (Wildman–Crippen MR) is 129 cm³/mol. The third-order valence-electron chi connectivity index (χ3n) is 5.91. The van der Waals surface area contributed by atoms with Gasteiger partial charge in [0.15, 0.2) is 5.82 Å². The zero-order valence-electron chi connectivity index (χ0n) is 18.7. The summed E-state index contributed by atoms with van der Waals surface area (Å²) in [7, 11) is 0. The van der Waals surface area contributed by atoms with Crippen LogP contribution in [0.25, 0.3) is 11.0 Å². The van der Waals surface area contributed by atoms with Crippen LogP contribution in [0.5, 0.6) is 0 Å². The van der Waals surface area contributed by atoms with Gasteiger partial charge in [0.25, 0.3) is 0 Å². The first-order valence-corrected chi connectivity index (χ1v) is 11.6. The molecule has 1 saturated heterocycles. The first-order valence-electron chi connectivity index (χ1n) is 10.9. The van der Waals surface area contributed by atoms with E-state index in [1.165, 1.54) is 0 Å². The number of pyridine rings is 1. The van der Waals surface area contributed by atoms with Crippen LogP contribution in [0.3, 0.4) is 0 Å². The van der Waals surface area contributed by atoms with Gasteiger partial charge < -0.3 is 9.32 Å². The van der Waals surface area contributed by atoms with E-state index in [2.05, 4.69) is 63.2 Å². The van der Waals surface area contributed by atoms with Crippen molar-refractivity contribution in [1.82, 2.24) is 30.1 Å². The Kier molecular flexibility index (Phi) is 5.76. The maximum absolute atomic E-state index is 6.41. The minimum absolute atomic E-state index is 0.225. The van der Waals surface area contributed by atoms with Crippen LogP contribution in [-0.2, 0) is 5.54 Å². The van der Waals surface area contributed by atoms with Gasteiger partial charge in [0.2, 0.25) is 0 Å². The maximum atomic E-state index is 6.41. The second-order valence-corrected chi connectivity index (χ2v) is 10.00. The molecule has 8 nitrogen and oxygen atoms in total. The lowest BCUT2D eigenvalue weighted by molar-refractivity contribution is 0.174. The zero-order chi connectivity index (χ0) is 23.2. The smallest absolute Gasteiger partial charge is 0.176 e. The summed E-state index contributed by atoms with van der Waals surface area (Å²) in [5, 5.41) is 14.9. The molecule has 3 aromatic heterocycles. The maximum Gasteiger partial charge on any atom is 0.176 e. The SMILES string of the molecule is CC(C)(C)n1nnnc1C(c1cc2ccccc2o1)N1CCN(c2c(Cl)cncc2Cl)CC1.